The molecule has 25 heavy (non-hydrogen) atoms. The number of hydrogen-bond donors (Lipinski definition) is 1. The molecule has 2 aromatic carbocycles. The van der Waals surface area contributed by atoms with Crippen LogP contribution < -0.4 is 10.1 Å². The Bertz CT molecular complexity index is 859. The molecule has 1 heterocycles. The van der Waals surface area contributed by atoms with Crippen molar-refractivity contribution in [1.82, 2.24) is 9.78 Å². The summed E-state index contributed by atoms with van der Waals surface area (Å²) in [6.07, 6.45) is 1.64. The zero-order chi connectivity index (χ0) is 17.6. The van der Waals surface area contributed by atoms with Crippen LogP contribution >= 0.6 is 0 Å². The van der Waals surface area contributed by atoms with Gasteiger partial charge in [-0.1, -0.05) is 18.2 Å². The van der Waals surface area contributed by atoms with Crippen LogP contribution in [0.5, 0.6) is 5.75 Å². The van der Waals surface area contributed by atoms with E-state index in [2.05, 4.69) is 10.4 Å². The number of halogens is 1. The van der Waals surface area contributed by atoms with Gasteiger partial charge in [0.1, 0.15) is 24.0 Å². The van der Waals surface area contributed by atoms with Crippen molar-refractivity contribution in [2.24, 2.45) is 0 Å². The van der Waals surface area contributed by atoms with Crippen LogP contribution in [0.25, 0.3) is 0 Å². The predicted molar refractivity (Wildman–Crippen MR) is 93.0 cm³/mol. The van der Waals surface area contributed by atoms with Crippen LogP contribution in [0.15, 0.2) is 60.8 Å². The number of benzene rings is 2. The summed E-state index contributed by atoms with van der Waals surface area (Å²) >= 11 is 0. The van der Waals surface area contributed by atoms with E-state index >= 15 is 0 Å². The van der Waals surface area contributed by atoms with Gasteiger partial charge in [0.25, 0.3) is 5.91 Å². The molecule has 5 nitrogen and oxygen atoms in total. The summed E-state index contributed by atoms with van der Waals surface area (Å²) in [5, 5.41) is 6.95. The highest BCUT2D eigenvalue weighted by atomic mass is 19.1. The molecule has 3 aromatic rings. The molecule has 0 bridgehead atoms. The maximum absolute atomic E-state index is 12.9. The summed E-state index contributed by atoms with van der Waals surface area (Å²) in [6.45, 7) is 2.92. The Balaban J connectivity index is 1.66. The number of aryl methyl sites for hydroxylation is 1. The molecule has 0 atom stereocenters. The Labute approximate surface area is 145 Å². The molecule has 0 saturated heterocycles. The van der Waals surface area contributed by atoms with Crippen molar-refractivity contribution < 1.29 is 13.9 Å². The fourth-order valence-corrected chi connectivity index (χ4v) is 2.35. The molecule has 1 aromatic heterocycles. The van der Waals surface area contributed by atoms with Crippen molar-refractivity contribution in [3.63, 3.8) is 0 Å². The van der Waals surface area contributed by atoms with E-state index in [4.69, 9.17) is 4.74 Å². The average molecular weight is 339 g/mol. The fraction of sp³-hybridized carbons (Fsp3) is 0.158. The highest BCUT2D eigenvalue weighted by molar-refractivity contribution is 6.04. The first-order chi connectivity index (χ1) is 12.2. The molecule has 0 aliphatic carbocycles. The summed E-state index contributed by atoms with van der Waals surface area (Å²) < 4.78 is 20.3. The molecular weight excluding hydrogens is 321 g/mol. The number of anilines is 1. The van der Waals surface area contributed by atoms with E-state index in [1.54, 1.807) is 53.3 Å². The Morgan fingerprint density at radius 2 is 2.00 bits per heavy atom. The monoisotopic (exact) mass is 339 g/mol. The lowest BCUT2D eigenvalue weighted by atomic mass is 10.2. The zero-order valence-corrected chi connectivity index (χ0v) is 13.8. The Morgan fingerprint density at radius 3 is 2.76 bits per heavy atom. The first-order valence-electron chi connectivity index (χ1n) is 7.96. The van der Waals surface area contributed by atoms with E-state index in [9.17, 15) is 9.18 Å². The van der Waals surface area contributed by atoms with Crippen molar-refractivity contribution in [2.75, 3.05) is 5.32 Å². The van der Waals surface area contributed by atoms with Crippen molar-refractivity contribution in [3.05, 3.63) is 77.7 Å². The van der Waals surface area contributed by atoms with Crippen molar-refractivity contribution in [1.29, 1.82) is 0 Å². The number of amides is 1. The van der Waals surface area contributed by atoms with Crippen LogP contribution in [0.3, 0.4) is 0 Å². The first-order valence-corrected chi connectivity index (χ1v) is 7.96. The molecule has 0 aliphatic rings. The number of hydrogen-bond acceptors (Lipinski definition) is 3. The second-order valence-corrected chi connectivity index (χ2v) is 5.43. The number of aromatic nitrogens is 2. The Morgan fingerprint density at radius 1 is 1.20 bits per heavy atom. The maximum atomic E-state index is 12.9. The van der Waals surface area contributed by atoms with Gasteiger partial charge in [0.15, 0.2) is 0 Å². The molecular formula is C19H18FN3O2. The van der Waals surface area contributed by atoms with E-state index < -0.39 is 0 Å². The fourth-order valence-electron chi connectivity index (χ4n) is 2.35. The van der Waals surface area contributed by atoms with Crippen molar-refractivity contribution >= 4 is 11.7 Å². The van der Waals surface area contributed by atoms with Gasteiger partial charge in [-0.05, 0) is 42.8 Å². The molecule has 0 aliphatic heterocycles. The van der Waals surface area contributed by atoms with Crippen LogP contribution in [0.4, 0.5) is 10.2 Å². The normalized spacial score (nSPS) is 10.5. The minimum absolute atomic E-state index is 0.234. The van der Waals surface area contributed by atoms with Crippen molar-refractivity contribution in [3.8, 4) is 5.75 Å². The lowest BCUT2D eigenvalue weighted by Gasteiger charge is -2.09. The molecule has 1 N–H and O–H groups in total. The van der Waals surface area contributed by atoms with Gasteiger partial charge < -0.3 is 10.1 Å². The van der Waals surface area contributed by atoms with Gasteiger partial charge in [0.05, 0.1) is 6.20 Å². The van der Waals surface area contributed by atoms with E-state index in [1.807, 2.05) is 6.92 Å². The SMILES string of the molecule is CCn1nccc1NC(=O)c1cccc(OCc2ccc(F)cc2)c1. The second-order valence-electron chi connectivity index (χ2n) is 5.43. The van der Waals surface area contributed by atoms with Crippen LogP contribution in [-0.2, 0) is 13.2 Å². The molecule has 0 radical (unpaired) electrons. The van der Waals surface area contributed by atoms with Crippen LogP contribution in [0, 0.1) is 5.82 Å². The van der Waals surface area contributed by atoms with Gasteiger partial charge in [-0.25, -0.2) is 9.07 Å². The number of ether oxygens (including phenoxy) is 1. The number of nitrogens with one attached hydrogen (secondary N) is 1. The minimum atomic E-state index is -0.284. The molecule has 3 rings (SSSR count). The third kappa shape index (κ3) is 4.23. The van der Waals surface area contributed by atoms with Crippen LogP contribution in [0.1, 0.15) is 22.8 Å². The largest absolute Gasteiger partial charge is 0.489 e. The van der Waals surface area contributed by atoms with Crippen molar-refractivity contribution in [2.45, 2.75) is 20.1 Å². The molecule has 6 heteroatoms. The molecule has 128 valence electrons. The third-order valence-electron chi connectivity index (χ3n) is 3.67. The van der Waals surface area contributed by atoms with Gasteiger partial charge in [0, 0.05) is 18.2 Å². The Kier molecular flexibility index (Phi) is 5.09. The summed E-state index contributed by atoms with van der Waals surface area (Å²) in [5.41, 5.74) is 1.34. The van der Waals surface area contributed by atoms with E-state index in [1.165, 1.54) is 12.1 Å². The molecule has 0 spiro atoms. The molecule has 0 saturated carbocycles. The van der Waals surface area contributed by atoms with Crippen LogP contribution in [-0.4, -0.2) is 15.7 Å². The molecule has 0 unspecified atom stereocenters. The summed E-state index contributed by atoms with van der Waals surface area (Å²) in [6, 6.07) is 14.8. The average Bonchev–Trinajstić information content (AvgIpc) is 3.08. The van der Waals surface area contributed by atoms with Gasteiger partial charge in [-0.15, -0.1) is 0 Å². The maximum Gasteiger partial charge on any atom is 0.256 e. The topological polar surface area (TPSA) is 56.2 Å². The van der Waals surface area contributed by atoms with Gasteiger partial charge in [0.2, 0.25) is 0 Å². The Hall–Kier alpha value is -3.15. The van der Waals surface area contributed by atoms with E-state index in [-0.39, 0.29) is 11.7 Å². The number of carbonyl (C=O) groups excluding carboxylic acids is 1. The zero-order valence-electron chi connectivity index (χ0n) is 13.8. The highest BCUT2D eigenvalue weighted by Gasteiger charge is 2.10. The van der Waals surface area contributed by atoms with Crippen LogP contribution in [0.2, 0.25) is 0 Å². The van der Waals surface area contributed by atoms with E-state index in [0.29, 0.717) is 30.3 Å². The minimum Gasteiger partial charge on any atom is -0.489 e. The second kappa shape index (κ2) is 7.61. The lowest BCUT2D eigenvalue weighted by molar-refractivity contribution is 0.102. The van der Waals surface area contributed by atoms with Gasteiger partial charge in [-0.3, -0.25) is 4.79 Å². The third-order valence-corrected chi connectivity index (χ3v) is 3.67. The van der Waals surface area contributed by atoms with E-state index in [0.717, 1.165) is 5.56 Å². The summed E-state index contributed by atoms with van der Waals surface area (Å²) in [5.74, 6) is 0.697. The first kappa shape index (κ1) is 16.7. The quantitative estimate of drug-likeness (QED) is 0.742. The summed E-state index contributed by atoms with van der Waals surface area (Å²) in [4.78, 5) is 12.4. The molecule has 1 amide bonds. The number of carbonyl (C=O) groups is 1. The predicted octanol–water partition coefficient (Wildman–Crippen LogP) is 3.87. The highest BCUT2D eigenvalue weighted by Crippen LogP contribution is 2.17. The smallest absolute Gasteiger partial charge is 0.256 e. The molecule has 0 fully saturated rings. The summed E-state index contributed by atoms with van der Waals surface area (Å²) in [7, 11) is 0. The standard InChI is InChI=1S/C19H18FN3O2/c1-2-23-18(10-11-21-23)22-19(24)15-4-3-5-17(12-15)25-13-14-6-8-16(20)9-7-14/h3-12H,2,13H2,1H3,(H,22,24). The van der Waals surface area contributed by atoms with Gasteiger partial charge >= 0.3 is 0 Å². The number of rotatable bonds is 6. The van der Waals surface area contributed by atoms with Gasteiger partial charge in [-0.2, -0.15) is 5.10 Å². The lowest BCUT2D eigenvalue weighted by Crippen LogP contribution is -2.15. The number of nitrogens with zero attached hydrogens (tertiary/aromatic N) is 2.